The molecule has 2 rings (SSSR count). The van der Waals surface area contributed by atoms with E-state index in [1.54, 1.807) is 0 Å². The Hall–Kier alpha value is -1.28. The fourth-order valence-electron chi connectivity index (χ4n) is 1.89. The van der Waals surface area contributed by atoms with Gasteiger partial charge in [-0.15, -0.1) is 0 Å². The van der Waals surface area contributed by atoms with E-state index in [9.17, 15) is 5.11 Å². The van der Waals surface area contributed by atoms with Crippen LogP contribution in [0.5, 0.6) is 0 Å². The minimum Gasteiger partial charge on any atom is -0.396 e. The summed E-state index contributed by atoms with van der Waals surface area (Å²) in [6.07, 6.45) is 4.10. The number of benzene rings is 1. The molecule has 0 aliphatic carbocycles. The minimum absolute atomic E-state index is 0.0123. The van der Waals surface area contributed by atoms with Crippen molar-refractivity contribution in [1.82, 2.24) is 4.98 Å². The maximum atomic E-state index is 9.23. The Morgan fingerprint density at radius 2 is 2.00 bits per heavy atom. The van der Waals surface area contributed by atoms with Crippen LogP contribution in [-0.2, 0) is 6.42 Å². The highest BCUT2D eigenvalue weighted by Crippen LogP contribution is 2.25. The Morgan fingerprint density at radius 1 is 1.25 bits per heavy atom. The molecule has 0 saturated heterocycles. The van der Waals surface area contributed by atoms with Gasteiger partial charge in [-0.25, -0.2) is 0 Å². The van der Waals surface area contributed by atoms with E-state index in [1.807, 2.05) is 6.07 Å². The van der Waals surface area contributed by atoms with E-state index in [1.165, 1.54) is 16.5 Å². The van der Waals surface area contributed by atoms with Gasteiger partial charge in [0, 0.05) is 23.7 Å². The van der Waals surface area contributed by atoms with Gasteiger partial charge in [0.25, 0.3) is 0 Å². The summed E-state index contributed by atoms with van der Waals surface area (Å²) in [7, 11) is 0. The van der Waals surface area contributed by atoms with Crippen LogP contribution in [0, 0.1) is 5.41 Å². The van der Waals surface area contributed by atoms with Gasteiger partial charge in [0.1, 0.15) is 0 Å². The van der Waals surface area contributed by atoms with Gasteiger partial charge in [-0.3, -0.25) is 0 Å². The van der Waals surface area contributed by atoms with E-state index in [0.29, 0.717) is 0 Å². The predicted octanol–water partition coefficient (Wildman–Crippen LogP) is 3.12. The number of H-pyrrole nitrogens is 1. The van der Waals surface area contributed by atoms with Gasteiger partial charge in [-0.1, -0.05) is 32.0 Å². The van der Waals surface area contributed by atoms with Gasteiger partial charge < -0.3 is 10.1 Å². The second-order valence-electron chi connectivity index (χ2n) is 5.18. The number of hydrogen-bond donors (Lipinski definition) is 2. The molecule has 2 heteroatoms. The van der Waals surface area contributed by atoms with Crippen LogP contribution in [0.3, 0.4) is 0 Å². The van der Waals surface area contributed by atoms with Gasteiger partial charge in [-0.05, 0) is 29.9 Å². The number of aliphatic hydroxyl groups is 1. The monoisotopic (exact) mass is 217 g/mol. The largest absolute Gasteiger partial charge is 0.396 e. The number of aromatic nitrogens is 1. The van der Waals surface area contributed by atoms with Crippen LogP contribution in [0.4, 0.5) is 0 Å². The van der Waals surface area contributed by atoms with E-state index in [0.717, 1.165) is 12.8 Å². The van der Waals surface area contributed by atoms with Crippen LogP contribution in [0.1, 0.15) is 25.8 Å². The lowest BCUT2D eigenvalue weighted by atomic mass is 9.87. The Kier molecular flexibility index (Phi) is 3.01. The Labute approximate surface area is 96.3 Å². The third kappa shape index (κ3) is 2.27. The number of aromatic amines is 1. The van der Waals surface area contributed by atoms with E-state index < -0.39 is 0 Å². The van der Waals surface area contributed by atoms with Crippen molar-refractivity contribution in [1.29, 1.82) is 0 Å². The fourth-order valence-corrected chi connectivity index (χ4v) is 1.89. The summed E-state index contributed by atoms with van der Waals surface area (Å²) in [6, 6.07) is 8.35. The summed E-state index contributed by atoms with van der Waals surface area (Å²) in [5.74, 6) is 0. The zero-order valence-corrected chi connectivity index (χ0v) is 9.96. The minimum atomic E-state index is 0.0123. The molecule has 0 radical (unpaired) electrons. The zero-order chi connectivity index (χ0) is 11.6. The highest BCUT2D eigenvalue weighted by molar-refractivity contribution is 5.82. The first-order valence-corrected chi connectivity index (χ1v) is 5.78. The molecule has 0 aliphatic heterocycles. The highest BCUT2D eigenvalue weighted by atomic mass is 16.3. The number of aliphatic hydroxyl groups excluding tert-OH is 1. The van der Waals surface area contributed by atoms with Crippen LogP contribution in [0.25, 0.3) is 10.9 Å². The first kappa shape index (κ1) is 11.2. The molecule has 16 heavy (non-hydrogen) atoms. The number of fused-ring (bicyclic) bond motifs is 1. The Balaban J connectivity index is 2.16. The average Bonchev–Trinajstić information content (AvgIpc) is 2.70. The molecule has 1 heterocycles. The number of rotatable bonds is 4. The summed E-state index contributed by atoms with van der Waals surface area (Å²) in [5.41, 5.74) is 2.55. The van der Waals surface area contributed by atoms with Crippen molar-refractivity contribution >= 4 is 10.9 Å². The lowest BCUT2D eigenvalue weighted by molar-refractivity contribution is 0.151. The van der Waals surface area contributed by atoms with Crippen molar-refractivity contribution in [3.63, 3.8) is 0 Å². The maximum absolute atomic E-state index is 9.23. The second kappa shape index (κ2) is 4.30. The maximum Gasteiger partial charge on any atom is 0.0482 e. The quantitative estimate of drug-likeness (QED) is 0.811. The molecule has 1 aromatic carbocycles. The molecule has 86 valence electrons. The lowest BCUT2D eigenvalue weighted by Crippen LogP contribution is -2.17. The average molecular weight is 217 g/mol. The summed E-state index contributed by atoms with van der Waals surface area (Å²) in [5, 5.41) is 10.5. The molecule has 0 aliphatic rings. The Bertz CT molecular complexity index is 470. The number of hydrogen-bond acceptors (Lipinski definition) is 1. The molecule has 0 saturated carbocycles. The SMILES string of the molecule is CC(C)(CO)CCc1c[nH]c2ccccc12. The number of nitrogens with one attached hydrogen (secondary N) is 1. The van der Waals surface area contributed by atoms with Crippen LogP contribution in [-0.4, -0.2) is 16.7 Å². The van der Waals surface area contributed by atoms with Crippen molar-refractivity contribution in [2.24, 2.45) is 5.41 Å². The summed E-state index contributed by atoms with van der Waals surface area (Å²) >= 11 is 0. The molecule has 2 N–H and O–H groups in total. The molecular weight excluding hydrogens is 198 g/mol. The molecule has 0 spiro atoms. The van der Waals surface area contributed by atoms with Crippen molar-refractivity contribution in [3.05, 3.63) is 36.0 Å². The molecule has 0 unspecified atom stereocenters. The fraction of sp³-hybridized carbons (Fsp3) is 0.429. The molecule has 0 atom stereocenters. The summed E-state index contributed by atoms with van der Waals surface area (Å²) < 4.78 is 0. The number of para-hydroxylation sites is 1. The van der Waals surface area contributed by atoms with Crippen molar-refractivity contribution < 1.29 is 5.11 Å². The van der Waals surface area contributed by atoms with Crippen molar-refractivity contribution in [2.45, 2.75) is 26.7 Å². The second-order valence-corrected chi connectivity index (χ2v) is 5.18. The Morgan fingerprint density at radius 3 is 2.75 bits per heavy atom. The third-order valence-electron chi connectivity index (χ3n) is 3.17. The van der Waals surface area contributed by atoms with E-state index in [-0.39, 0.29) is 12.0 Å². The van der Waals surface area contributed by atoms with E-state index >= 15 is 0 Å². The summed E-state index contributed by atoms with van der Waals surface area (Å²) in [6.45, 7) is 4.44. The molecule has 0 amide bonds. The van der Waals surface area contributed by atoms with Crippen LogP contribution >= 0.6 is 0 Å². The highest BCUT2D eigenvalue weighted by Gasteiger charge is 2.16. The topological polar surface area (TPSA) is 36.0 Å². The smallest absolute Gasteiger partial charge is 0.0482 e. The van der Waals surface area contributed by atoms with Gasteiger partial charge in [-0.2, -0.15) is 0 Å². The van der Waals surface area contributed by atoms with Gasteiger partial charge in [0.05, 0.1) is 0 Å². The normalized spacial score (nSPS) is 12.2. The van der Waals surface area contributed by atoms with Gasteiger partial charge in [0.15, 0.2) is 0 Å². The first-order chi connectivity index (χ1) is 7.62. The molecule has 0 fully saturated rings. The standard InChI is InChI=1S/C14H19NO/c1-14(2,10-16)8-7-11-9-15-13-6-4-3-5-12(11)13/h3-6,9,15-16H,7-8,10H2,1-2H3. The number of aryl methyl sites for hydroxylation is 1. The van der Waals surface area contributed by atoms with Gasteiger partial charge >= 0.3 is 0 Å². The zero-order valence-electron chi connectivity index (χ0n) is 9.96. The molecule has 2 aromatic rings. The van der Waals surface area contributed by atoms with Crippen molar-refractivity contribution in [3.8, 4) is 0 Å². The van der Waals surface area contributed by atoms with E-state index in [2.05, 4.69) is 43.2 Å². The predicted molar refractivity (Wildman–Crippen MR) is 67.5 cm³/mol. The third-order valence-corrected chi connectivity index (χ3v) is 3.17. The first-order valence-electron chi connectivity index (χ1n) is 5.78. The summed E-state index contributed by atoms with van der Waals surface area (Å²) in [4.78, 5) is 3.28. The van der Waals surface area contributed by atoms with Crippen molar-refractivity contribution in [2.75, 3.05) is 6.61 Å². The van der Waals surface area contributed by atoms with Crippen LogP contribution < -0.4 is 0 Å². The lowest BCUT2D eigenvalue weighted by Gasteiger charge is -2.20. The molecular formula is C14H19NO. The molecule has 2 nitrogen and oxygen atoms in total. The van der Waals surface area contributed by atoms with Gasteiger partial charge in [0.2, 0.25) is 0 Å². The van der Waals surface area contributed by atoms with Crippen LogP contribution in [0.15, 0.2) is 30.5 Å². The van der Waals surface area contributed by atoms with Crippen LogP contribution in [0.2, 0.25) is 0 Å². The van der Waals surface area contributed by atoms with E-state index in [4.69, 9.17) is 0 Å². The molecule has 1 aromatic heterocycles. The molecule has 0 bridgehead atoms.